The van der Waals surface area contributed by atoms with Crippen LogP contribution in [0.2, 0.25) is 0 Å². The van der Waals surface area contributed by atoms with Gasteiger partial charge in [-0.05, 0) is 30.2 Å². The Labute approximate surface area is 123 Å². The predicted octanol–water partition coefficient (Wildman–Crippen LogP) is 4.03. The number of hydrogen-bond donors (Lipinski definition) is 1. The number of para-hydroxylation sites is 2. The van der Waals surface area contributed by atoms with Crippen molar-refractivity contribution in [1.29, 1.82) is 5.26 Å². The molecule has 0 amide bonds. The summed E-state index contributed by atoms with van der Waals surface area (Å²) < 4.78 is 0. The van der Waals surface area contributed by atoms with Crippen LogP contribution in [-0.4, -0.2) is 4.98 Å². The van der Waals surface area contributed by atoms with E-state index in [0.29, 0.717) is 12.1 Å². The second-order valence-electron chi connectivity index (χ2n) is 4.96. The molecule has 3 heteroatoms. The van der Waals surface area contributed by atoms with E-state index in [9.17, 15) is 5.26 Å². The first-order valence-electron chi connectivity index (χ1n) is 6.86. The Bertz CT molecular complexity index is 826. The van der Waals surface area contributed by atoms with Gasteiger partial charge >= 0.3 is 0 Å². The van der Waals surface area contributed by atoms with E-state index in [2.05, 4.69) is 34.6 Å². The van der Waals surface area contributed by atoms with Crippen LogP contribution in [0.1, 0.15) is 16.7 Å². The molecule has 1 heterocycles. The molecule has 1 N–H and O–H groups in total. The Morgan fingerprint density at radius 2 is 1.90 bits per heavy atom. The highest BCUT2D eigenvalue weighted by Crippen LogP contribution is 2.22. The molecular formula is C18H15N3. The largest absolute Gasteiger partial charge is 0.380 e. The standard InChI is InChI=1S/C18H15N3/c1-13-5-2-7-15(11-19)17(13)21-12-16-8-3-6-14-9-4-10-20-18(14)16/h2-10,21H,12H2,1H3. The van der Waals surface area contributed by atoms with Crippen molar-refractivity contribution < 1.29 is 0 Å². The molecule has 1 aromatic heterocycles. The van der Waals surface area contributed by atoms with E-state index in [0.717, 1.165) is 27.7 Å². The fourth-order valence-corrected chi connectivity index (χ4v) is 2.49. The van der Waals surface area contributed by atoms with E-state index in [1.807, 2.05) is 37.3 Å². The van der Waals surface area contributed by atoms with Crippen molar-refractivity contribution >= 4 is 16.6 Å². The molecule has 102 valence electrons. The van der Waals surface area contributed by atoms with Gasteiger partial charge in [0, 0.05) is 18.1 Å². The molecule has 0 aliphatic rings. The molecule has 0 atom stereocenters. The molecule has 21 heavy (non-hydrogen) atoms. The number of nitriles is 1. The second kappa shape index (κ2) is 5.64. The number of pyridine rings is 1. The smallest absolute Gasteiger partial charge is 0.101 e. The van der Waals surface area contributed by atoms with Crippen LogP contribution in [0.3, 0.4) is 0 Å². The summed E-state index contributed by atoms with van der Waals surface area (Å²) in [6, 6.07) is 18.1. The Morgan fingerprint density at radius 1 is 1.10 bits per heavy atom. The lowest BCUT2D eigenvalue weighted by molar-refractivity contribution is 1.14. The van der Waals surface area contributed by atoms with E-state index in [1.54, 1.807) is 6.20 Å². The summed E-state index contributed by atoms with van der Waals surface area (Å²) >= 11 is 0. The van der Waals surface area contributed by atoms with Gasteiger partial charge in [-0.3, -0.25) is 4.98 Å². The lowest BCUT2D eigenvalue weighted by Gasteiger charge is -2.12. The summed E-state index contributed by atoms with van der Waals surface area (Å²) in [7, 11) is 0. The SMILES string of the molecule is Cc1cccc(C#N)c1NCc1cccc2cccnc12. The van der Waals surface area contributed by atoms with Gasteiger partial charge < -0.3 is 5.32 Å². The number of anilines is 1. The van der Waals surface area contributed by atoms with Crippen molar-refractivity contribution in [2.45, 2.75) is 13.5 Å². The van der Waals surface area contributed by atoms with Crippen LogP contribution >= 0.6 is 0 Å². The van der Waals surface area contributed by atoms with Crippen LogP contribution in [0.5, 0.6) is 0 Å². The molecule has 0 radical (unpaired) electrons. The molecule has 0 aliphatic carbocycles. The predicted molar refractivity (Wildman–Crippen MR) is 85.0 cm³/mol. The first-order valence-corrected chi connectivity index (χ1v) is 6.86. The summed E-state index contributed by atoms with van der Waals surface area (Å²) in [6.07, 6.45) is 1.81. The molecule has 0 unspecified atom stereocenters. The second-order valence-corrected chi connectivity index (χ2v) is 4.96. The summed E-state index contributed by atoms with van der Waals surface area (Å²) in [5.74, 6) is 0. The number of fused-ring (bicyclic) bond motifs is 1. The minimum atomic E-state index is 0.647. The van der Waals surface area contributed by atoms with Crippen LogP contribution in [0, 0.1) is 18.3 Å². The Hall–Kier alpha value is -2.86. The van der Waals surface area contributed by atoms with Crippen LogP contribution in [-0.2, 0) is 6.54 Å². The number of hydrogen-bond acceptors (Lipinski definition) is 3. The maximum absolute atomic E-state index is 9.21. The zero-order valence-electron chi connectivity index (χ0n) is 11.8. The van der Waals surface area contributed by atoms with Gasteiger partial charge in [0.05, 0.1) is 16.8 Å². The van der Waals surface area contributed by atoms with Crippen molar-refractivity contribution in [3.8, 4) is 6.07 Å². The van der Waals surface area contributed by atoms with Gasteiger partial charge in [-0.1, -0.05) is 36.4 Å². The van der Waals surface area contributed by atoms with Gasteiger partial charge in [0.15, 0.2) is 0 Å². The average molecular weight is 273 g/mol. The normalized spacial score (nSPS) is 10.3. The molecule has 3 nitrogen and oxygen atoms in total. The Kier molecular flexibility index (Phi) is 3.53. The minimum Gasteiger partial charge on any atom is -0.380 e. The number of benzene rings is 2. The zero-order chi connectivity index (χ0) is 14.7. The highest BCUT2D eigenvalue weighted by atomic mass is 14.9. The first kappa shape index (κ1) is 13.1. The van der Waals surface area contributed by atoms with Crippen molar-refractivity contribution in [1.82, 2.24) is 4.98 Å². The number of nitrogens with zero attached hydrogens (tertiary/aromatic N) is 2. The molecule has 2 aromatic carbocycles. The monoisotopic (exact) mass is 273 g/mol. The van der Waals surface area contributed by atoms with Crippen LogP contribution in [0.25, 0.3) is 10.9 Å². The molecule has 0 saturated carbocycles. The topological polar surface area (TPSA) is 48.7 Å². The maximum Gasteiger partial charge on any atom is 0.101 e. The van der Waals surface area contributed by atoms with Crippen molar-refractivity contribution in [2.75, 3.05) is 5.32 Å². The van der Waals surface area contributed by atoms with Gasteiger partial charge in [0.1, 0.15) is 6.07 Å². The van der Waals surface area contributed by atoms with Crippen molar-refractivity contribution in [2.24, 2.45) is 0 Å². The first-order chi connectivity index (χ1) is 10.3. The molecular weight excluding hydrogens is 258 g/mol. The number of aryl methyl sites for hydroxylation is 1. The molecule has 0 bridgehead atoms. The summed E-state index contributed by atoms with van der Waals surface area (Å²) in [6.45, 7) is 2.65. The third-order valence-electron chi connectivity index (χ3n) is 3.57. The Balaban J connectivity index is 1.93. The molecule has 0 saturated heterocycles. The van der Waals surface area contributed by atoms with Crippen molar-refractivity contribution in [3.63, 3.8) is 0 Å². The minimum absolute atomic E-state index is 0.647. The number of nitrogens with one attached hydrogen (secondary N) is 1. The summed E-state index contributed by atoms with van der Waals surface area (Å²) in [5.41, 5.74) is 4.76. The van der Waals surface area contributed by atoms with Gasteiger partial charge in [-0.2, -0.15) is 5.26 Å². The summed E-state index contributed by atoms with van der Waals surface area (Å²) in [5, 5.41) is 13.7. The molecule has 0 fully saturated rings. The fraction of sp³-hybridized carbons (Fsp3) is 0.111. The van der Waals surface area contributed by atoms with Crippen LogP contribution < -0.4 is 5.32 Å². The lowest BCUT2D eigenvalue weighted by atomic mass is 10.1. The molecule has 3 aromatic rings. The molecule has 3 rings (SSSR count). The highest BCUT2D eigenvalue weighted by Gasteiger charge is 2.06. The lowest BCUT2D eigenvalue weighted by Crippen LogP contribution is -2.04. The average Bonchev–Trinajstić information content (AvgIpc) is 2.53. The quantitative estimate of drug-likeness (QED) is 0.783. The van der Waals surface area contributed by atoms with Gasteiger partial charge in [0.25, 0.3) is 0 Å². The van der Waals surface area contributed by atoms with E-state index in [1.165, 1.54) is 0 Å². The van der Waals surface area contributed by atoms with Gasteiger partial charge in [-0.25, -0.2) is 0 Å². The summed E-state index contributed by atoms with van der Waals surface area (Å²) in [4.78, 5) is 4.45. The van der Waals surface area contributed by atoms with E-state index in [-0.39, 0.29) is 0 Å². The van der Waals surface area contributed by atoms with E-state index in [4.69, 9.17) is 0 Å². The van der Waals surface area contributed by atoms with Crippen LogP contribution in [0.15, 0.2) is 54.7 Å². The number of aromatic nitrogens is 1. The maximum atomic E-state index is 9.21. The van der Waals surface area contributed by atoms with E-state index < -0.39 is 0 Å². The van der Waals surface area contributed by atoms with Gasteiger partial charge in [0.2, 0.25) is 0 Å². The van der Waals surface area contributed by atoms with Crippen LogP contribution in [0.4, 0.5) is 5.69 Å². The van der Waals surface area contributed by atoms with Crippen molar-refractivity contribution in [3.05, 3.63) is 71.4 Å². The Morgan fingerprint density at radius 3 is 2.76 bits per heavy atom. The zero-order valence-corrected chi connectivity index (χ0v) is 11.8. The van der Waals surface area contributed by atoms with E-state index >= 15 is 0 Å². The van der Waals surface area contributed by atoms with Gasteiger partial charge in [-0.15, -0.1) is 0 Å². The number of rotatable bonds is 3. The molecule has 0 aliphatic heterocycles. The third-order valence-corrected chi connectivity index (χ3v) is 3.57. The third kappa shape index (κ3) is 2.56. The molecule has 0 spiro atoms. The fourth-order valence-electron chi connectivity index (χ4n) is 2.49. The highest BCUT2D eigenvalue weighted by molar-refractivity contribution is 5.81.